The third-order valence-electron chi connectivity index (χ3n) is 2.54. The van der Waals surface area contributed by atoms with E-state index in [-0.39, 0.29) is 15.7 Å². The van der Waals surface area contributed by atoms with Gasteiger partial charge in [0.2, 0.25) is 0 Å². The van der Waals surface area contributed by atoms with Gasteiger partial charge in [-0.1, -0.05) is 29.3 Å². The van der Waals surface area contributed by atoms with Crippen molar-refractivity contribution in [1.82, 2.24) is 0 Å². The average molecular weight is 353 g/mol. The lowest BCUT2D eigenvalue weighted by atomic mass is 10.3. The van der Waals surface area contributed by atoms with Gasteiger partial charge in [0.1, 0.15) is 10.7 Å². The molecule has 2 aromatic carbocycles. The van der Waals surface area contributed by atoms with E-state index in [1.807, 2.05) is 4.72 Å². The van der Waals surface area contributed by atoms with Crippen LogP contribution in [0.1, 0.15) is 0 Å². The molecule has 9 heteroatoms. The van der Waals surface area contributed by atoms with Crippen LogP contribution in [-0.4, -0.2) is 8.42 Å². The molecule has 112 valence electrons. The zero-order valence-corrected chi connectivity index (χ0v) is 12.5. The van der Waals surface area contributed by atoms with E-state index in [0.717, 1.165) is 12.1 Å². The highest BCUT2D eigenvalue weighted by Crippen LogP contribution is 2.29. The van der Waals surface area contributed by atoms with Crippen molar-refractivity contribution in [3.8, 4) is 0 Å². The predicted octanol–water partition coefficient (Wildman–Crippen LogP) is 3.65. The summed E-state index contributed by atoms with van der Waals surface area (Å²) in [6.45, 7) is 0. The minimum Gasteiger partial charge on any atom is -0.396 e. The van der Waals surface area contributed by atoms with Crippen LogP contribution >= 0.6 is 23.2 Å². The first-order valence-electron chi connectivity index (χ1n) is 5.43. The van der Waals surface area contributed by atoms with Gasteiger partial charge in [-0.15, -0.1) is 0 Å². The molecule has 0 aromatic heterocycles. The Morgan fingerprint density at radius 2 is 1.76 bits per heavy atom. The van der Waals surface area contributed by atoms with Crippen molar-refractivity contribution in [3.05, 3.63) is 52.0 Å². The minimum absolute atomic E-state index is 0.250. The van der Waals surface area contributed by atoms with Gasteiger partial charge in [-0.05, 0) is 24.3 Å². The Labute approximate surface area is 129 Å². The Hall–Kier alpha value is -1.57. The van der Waals surface area contributed by atoms with Gasteiger partial charge < -0.3 is 5.73 Å². The standard InChI is InChI=1S/C12H8Cl2F2N2O2S/c13-6-2-1-3-10(12(6)16)18-21(19,20)11-5-9(17)8(15)4-7(11)14/h1-5,18H,17H2. The second-order valence-corrected chi connectivity index (χ2v) is 6.48. The predicted molar refractivity (Wildman–Crippen MR) is 78.0 cm³/mol. The molecule has 3 N–H and O–H groups in total. The van der Waals surface area contributed by atoms with E-state index >= 15 is 0 Å². The molecule has 0 spiro atoms. The number of hydrogen-bond acceptors (Lipinski definition) is 3. The maximum absolute atomic E-state index is 13.7. The fraction of sp³-hybridized carbons (Fsp3) is 0. The second kappa shape index (κ2) is 5.67. The van der Waals surface area contributed by atoms with Gasteiger partial charge in [-0.3, -0.25) is 4.72 Å². The van der Waals surface area contributed by atoms with Crippen LogP contribution in [0.2, 0.25) is 10.0 Å². The Morgan fingerprint density at radius 1 is 1.10 bits per heavy atom. The molecule has 0 unspecified atom stereocenters. The minimum atomic E-state index is -4.25. The van der Waals surface area contributed by atoms with Crippen molar-refractivity contribution in [2.24, 2.45) is 0 Å². The Kier molecular flexibility index (Phi) is 4.27. The quantitative estimate of drug-likeness (QED) is 0.828. The molecule has 2 aromatic rings. The lowest BCUT2D eigenvalue weighted by Crippen LogP contribution is -2.15. The van der Waals surface area contributed by atoms with Gasteiger partial charge in [0.05, 0.1) is 21.4 Å². The van der Waals surface area contributed by atoms with Crippen molar-refractivity contribution >= 4 is 44.6 Å². The van der Waals surface area contributed by atoms with Crippen LogP contribution in [0.3, 0.4) is 0 Å². The van der Waals surface area contributed by atoms with Gasteiger partial charge in [-0.25, -0.2) is 17.2 Å². The first-order chi connectivity index (χ1) is 9.72. The maximum Gasteiger partial charge on any atom is 0.263 e. The van der Waals surface area contributed by atoms with Crippen LogP contribution in [0, 0.1) is 11.6 Å². The summed E-state index contributed by atoms with van der Waals surface area (Å²) >= 11 is 11.2. The highest BCUT2D eigenvalue weighted by molar-refractivity contribution is 7.92. The summed E-state index contributed by atoms with van der Waals surface area (Å²) in [6.07, 6.45) is 0. The highest BCUT2D eigenvalue weighted by atomic mass is 35.5. The number of anilines is 2. The molecule has 0 saturated heterocycles. The zero-order chi connectivity index (χ0) is 15.8. The number of halogens is 4. The number of nitrogen functional groups attached to an aromatic ring is 1. The molecular formula is C12H8Cl2F2N2O2S. The molecule has 0 aliphatic carbocycles. The van der Waals surface area contributed by atoms with Gasteiger partial charge in [-0.2, -0.15) is 0 Å². The SMILES string of the molecule is Nc1cc(S(=O)(=O)Nc2cccc(Cl)c2F)c(Cl)cc1F. The van der Waals surface area contributed by atoms with E-state index in [9.17, 15) is 17.2 Å². The first-order valence-corrected chi connectivity index (χ1v) is 7.67. The smallest absolute Gasteiger partial charge is 0.263 e. The fourth-order valence-corrected chi connectivity index (χ4v) is 3.32. The summed E-state index contributed by atoms with van der Waals surface area (Å²) < 4.78 is 53.2. The lowest BCUT2D eigenvalue weighted by Gasteiger charge is -2.11. The van der Waals surface area contributed by atoms with Gasteiger partial charge in [0, 0.05) is 0 Å². The highest BCUT2D eigenvalue weighted by Gasteiger charge is 2.22. The summed E-state index contributed by atoms with van der Waals surface area (Å²) in [4.78, 5) is -0.470. The molecule has 0 bridgehead atoms. The molecule has 0 radical (unpaired) electrons. The number of nitrogens with two attached hydrogens (primary N) is 1. The van der Waals surface area contributed by atoms with Crippen LogP contribution in [0.15, 0.2) is 35.2 Å². The summed E-state index contributed by atoms with van der Waals surface area (Å²) in [5.41, 5.74) is 4.56. The molecule has 0 aliphatic rings. The third-order valence-corrected chi connectivity index (χ3v) is 4.66. The first kappa shape index (κ1) is 15.8. The molecule has 0 saturated carbocycles. The van der Waals surface area contributed by atoms with E-state index in [1.54, 1.807) is 0 Å². The molecule has 0 atom stereocenters. The van der Waals surface area contributed by atoms with Crippen molar-refractivity contribution < 1.29 is 17.2 Å². The summed E-state index contributed by atoms with van der Waals surface area (Å²) in [5, 5.41) is -0.628. The Morgan fingerprint density at radius 3 is 2.43 bits per heavy atom. The van der Waals surface area contributed by atoms with Crippen LogP contribution in [0.4, 0.5) is 20.2 Å². The number of benzene rings is 2. The fourth-order valence-electron chi connectivity index (χ4n) is 1.53. The molecule has 0 amide bonds. The third kappa shape index (κ3) is 3.20. The normalized spacial score (nSPS) is 11.4. The van der Waals surface area contributed by atoms with Crippen LogP contribution in [0.25, 0.3) is 0 Å². The van der Waals surface area contributed by atoms with E-state index in [4.69, 9.17) is 28.9 Å². The zero-order valence-electron chi connectivity index (χ0n) is 10.2. The number of rotatable bonds is 3. The lowest BCUT2D eigenvalue weighted by molar-refractivity contribution is 0.597. The van der Waals surface area contributed by atoms with Crippen LogP contribution < -0.4 is 10.5 Å². The summed E-state index contributed by atoms with van der Waals surface area (Å²) in [6, 6.07) is 5.42. The number of nitrogens with one attached hydrogen (secondary N) is 1. The largest absolute Gasteiger partial charge is 0.396 e. The van der Waals surface area contributed by atoms with Crippen molar-refractivity contribution in [2.45, 2.75) is 4.90 Å². The summed E-state index contributed by atoms with van der Waals surface area (Å²) in [7, 11) is -4.25. The molecule has 21 heavy (non-hydrogen) atoms. The monoisotopic (exact) mass is 352 g/mol. The Bertz CT molecular complexity index is 813. The van der Waals surface area contributed by atoms with Crippen LogP contribution in [0.5, 0.6) is 0 Å². The number of sulfonamides is 1. The molecule has 0 aliphatic heterocycles. The van der Waals surface area contributed by atoms with E-state index in [2.05, 4.69) is 0 Å². The average Bonchev–Trinajstić information content (AvgIpc) is 2.39. The van der Waals surface area contributed by atoms with Crippen molar-refractivity contribution in [2.75, 3.05) is 10.5 Å². The maximum atomic E-state index is 13.7. The van der Waals surface area contributed by atoms with E-state index in [1.165, 1.54) is 18.2 Å². The van der Waals surface area contributed by atoms with Gasteiger partial charge >= 0.3 is 0 Å². The second-order valence-electron chi connectivity index (χ2n) is 4.01. The van der Waals surface area contributed by atoms with Gasteiger partial charge in [0.15, 0.2) is 5.82 Å². The Balaban J connectivity index is 2.48. The topological polar surface area (TPSA) is 72.2 Å². The van der Waals surface area contributed by atoms with Crippen molar-refractivity contribution in [1.29, 1.82) is 0 Å². The van der Waals surface area contributed by atoms with Crippen molar-refractivity contribution in [3.63, 3.8) is 0 Å². The number of hydrogen-bond donors (Lipinski definition) is 2. The molecule has 0 heterocycles. The van der Waals surface area contributed by atoms with E-state index < -0.39 is 32.2 Å². The van der Waals surface area contributed by atoms with E-state index in [0.29, 0.717) is 0 Å². The molecular weight excluding hydrogens is 345 g/mol. The van der Waals surface area contributed by atoms with Crippen LogP contribution in [-0.2, 0) is 10.0 Å². The molecule has 4 nitrogen and oxygen atoms in total. The summed E-state index contributed by atoms with van der Waals surface area (Å²) in [5.74, 6) is -1.79. The molecule has 0 fully saturated rings. The van der Waals surface area contributed by atoms with Gasteiger partial charge in [0.25, 0.3) is 10.0 Å². The molecule has 2 rings (SSSR count).